The van der Waals surface area contributed by atoms with Crippen LogP contribution in [0.2, 0.25) is 0 Å². The molecule has 0 atom stereocenters. The summed E-state index contributed by atoms with van der Waals surface area (Å²) in [7, 11) is 1.65. The van der Waals surface area contributed by atoms with Crippen LogP contribution in [0.5, 0.6) is 0 Å². The molecule has 0 saturated heterocycles. The molecule has 0 radical (unpaired) electrons. The van der Waals surface area contributed by atoms with Gasteiger partial charge >= 0.3 is 6.18 Å². The first-order valence-corrected chi connectivity index (χ1v) is 10.7. The number of nitrogens with one attached hydrogen (secondary N) is 1. The van der Waals surface area contributed by atoms with Crippen LogP contribution >= 0.6 is 27.7 Å². The Morgan fingerprint density at radius 2 is 1.84 bits per heavy atom. The summed E-state index contributed by atoms with van der Waals surface area (Å²) >= 11 is 4.50. The van der Waals surface area contributed by atoms with Gasteiger partial charge in [0, 0.05) is 22.8 Å². The van der Waals surface area contributed by atoms with Gasteiger partial charge in [0.05, 0.1) is 17.7 Å². The second-order valence-electron chi connectivity index (χ2n) is 6.48. The maximum atomic E-state index is 12.8. The lowest BCUT2D eigenvalue weighted by Crippen LogP contribution is -2.17. The molecule has 1 amide bonds. The van der Waals surface area contributed by atoms with Crippen molar-refractivity contribution in [3.05, 3.63) is 70.0 Å². The van der Waals surface area contributed by atoms with Crippen LogP contribution in [-0.4, -0.2) is 32.2 Å². The molecule has 1 N–H and O–H groups in total. The monoisotopic (exact) mass is 512 g/mol. The van der Waals surface area contributed by atoms with Crippen LogP contribution in [0.1, 0.15) is 21.7 Å². The lowest BCUT2D eigenvalue weighted by molar-refractivity contribution is -0.137. The predicted molar refractivity (Wildman–Crippen MR) is 114 cm³/mol. The van der Waals surface area contributed by atoms with Crippen molar-refractivity contribution >= 4 is 45.1 Å². The van der Waals surface area contributed by atoms with E-state index >= 15 is 0 Å². The number of hydrogen-bond acceptors (Lipinski definition) is 5. The number of carbonyl (C=O) groups excluding carboxylic acids is 2. The standard InChI is InChI=1S/C20H16BrF3N4O2S/c1-28-17(10-18(30)25-15-4-2-3-13(9-15)20(22,23)24)26-27-19(28)31-11-16(29)12-5-7-14(21)8-6-12/h2-9H,10-11H2,1H3,(H,25,30). The maximum absolute atomic E-state index is 12.8. The van der Waals surface area contributed by atoms with E-state index in [2.05, 4.69) is 31.4 Å². The average Bonchev–Trinajstić information content (AvgIpc) is 3.05. The quantitative estimate of drug-likeness (QED) is 0.365. The number of nitrogens with zero attached hydrogens (tertiary/aromatic N) is 3. The number of carbonyl (C=O) groups is 2. The van der Waals surface area contributed by atoms with E-state index in [1.54, 1.807) is 35.9 Å². The van der Waals surface area contributed by atoms with Crippen LogP contribution in [-0.2, 0) is 24.4 Å². The number of aromatic nitrogens is 3. The Labute approximate surface area is 188 Å². The number of ketones is 1. The van der Waals surface area contributed by atoms with E-state index in [0.29, 0.717) is 16.5 Å². The lowest BCUT2D eigenvalue weighted by Gasteiger charge is -2.10. The second-order valence-corrected chi connectivity index (χ2v) is 8.34. The van der Waals surface area contributed by atoms with E-state index in [1.165, 1.54) is 23.9 Å². The number of amides is 1. The van der Waals surface area contributed by atoms with Gasteiger partial charge in [0.2, 0.25) is 5.91 Å². The molecular formula is C20H16BrF3N4O2S. The average molecular weight is 513 g/mol. The smallest absolute Gasteiger partial charge is 0.326 e. The third kappa shape index (κ3) is 6.17. The molecule has 3 rings (SSSR count). The number of benzene rings is 2. The number of halogens is 4. The Morgan fingerprint density at radius 1 is 1.13 bits per heavy atom. The van der Waals surface area contributed by atoms with Crippen LogP contribution in [0, 0.1) is 0 Å². The van der Waals surface area contributed by atoms with Crippen molar-refractivity contribution in [2.24, 2.45) is 7.05 Å². The van der Waals surface area contributed by atoms with Gasteiger partial charge in [0.1, 0.15) is 5.82 Å². The van der Waals surface area contributed by atoms with Gasteiger partial charge in [-0.2, -0.15) is 13.2 Å². The first-order valence-electron chi connectivity index (χ1n) is 8.90. The van der Waals surface area contributed by atoms with Gasteiger partial charge in [-0.05, 0) is 30.3 Å². The Hall–Kier alpha value is -2.66. The molecule has 0 saturated carbocycles. The zero-order chi connectivity index (χ0) is 22.6. The minimum atomic E-state index is -4.50. The van der Waals surface area contributed by atoms with Gasteiger partial charge in [0.25, 0.3) is 0 Å². The van der Waals surface area contributed by atoms with Gasteiger partial charge in [-0.3, -0.25) is 9.59 Å². The summed E-state index contributed by atoms with van der Waals surface area (Å²) in [5.41, 5.74) is -0.242. The SMILES string of the molecule is Cn1c(CC(=O)Nc2cccc(C(F)(F)F)c2)nnc1SCC(=O)c1ccc(Br)cc1. The molecule has 0 spiro atoms. The van der Waals surface area contributed by atoms with Crippen LogP contribution in [0.25, 0.3) is 0 Å². The van der Waals surface area contributed by atoms with E-state index < -0.39 is 17.6 Å². The van der Waals surface area contributed by atoms with E-state index in [9.17, 15) is 22.8 Å². The van der Waals surface area contributed by atoms with Crippen molar-refractivity contribution in [2.45, 2.75) is 17.8 Å². The van der Waals surface area contributed by atoms with Crippen LogP contribution in [0.15, 0.2) is 58.2 Å². The van der Waals surface area contributed by atoms with E-state index in [1.807, 2.05) is 0 Å². The molecule has 1 heterocycles. The highest BCUT2D eigenvalue weighted by molar-refractivity contribution is 9.10. The Balaban J connectivity index is 1.59. The van der Waals surface area contributed by atoms with Gasteiger partial charge in [-0.15, -0.1) is 10.2 Å². The number of Topliss-reactive ketones (excluding diaryl/α,β-unsaturated/α-hetero) is 1. The molecule has 11 heteroatoms. The van der Waals surface area contributed by atoms with Gasteiger partial charge in [-0.25, -0.2) is 0 Å². The number of hydrogen-bond donors (Lipinski definition) is 1. The first kappa shape index (κ1) is 23.0. The molecule has 6 nitrogen and oxygen atoms in total. The summed E-state index contributed by atoms with van der Waals surface area (Å²) in [5, 5.41) is 10.8. The zero-order valence-electron chi connectivity index (χ0n) is 16.1. The Kier molecular flexibility index (Phi) is 7.16. The van der Waals surface area contributed by atoms with Crippen molar-refractivity contribution in [1.82, 2.24) is 14.8 Å². The highest BCUT2D eigenvalue weighted by atomic mass is 79.9. The van der Waals surface area contributed by atoms with Crippen molar-refractivity contribution in [3.63, 3.8) is 0 Å². The molecule has 0 unspecified atom stereocenters. The van der Waals surface area contributed by atoms with Crippen LogP contribution in [0.4, 0.5) is 18.9 Å². The van der Waals surface area contributed by atoms with E-state index in [-0.39, 0.29) is 23.6 Å². The Morgan fingerprint density at radius 3 is 2.52 bits per heavy atom. The third-order valence-corrected chi connectivity index (χ3v) is 5.76. The van der Waals surface area contributed by atoms with Crippen LogP contribution < -0.4 is 5.32 Å². The topological polar surface area (TPSA) is 76.9 Å². The van der Waals surface area contributed by atoms with E-state index in [4.69, 9.17) is 0 Å². The highest BCUT2D eigenvalue weighted by Gasteiger charge is 2.30. The first-order chi connectivity index (χ1) is 14.6. The maximum Gasteiger partial charge on any atom is 0.416 e. The van der Waals surface area contributed by atoms with Crippen molar-refractivity contribution < 1.29 is 22.8 Å². The van der Waals surface area contributed by atoms with Gasteiger partial charge in [0.15, 0.2) is 10.9 Å². The van der Waals surface area contributed by atoms with Gasteiger partial charge < -0.3 is 9.88 Å². The summed E-state index contributed by atoms with van der Waals surface area (Å²) in [6.07, 6.45) is -4.68. The fraction of sp³-hybridized carbons (Fsp3) is 0.200. The zero-order valence-corrected chi connectivity index (χ0v) is 18.5. The van der Waals surface area contributed by atoms with Crippen LogP contribution in [0.3, 0.4) is 0 Å². The summed E-state index contributed by atoms with van der Waals surface area (Å²) < 4.78 is 40.8. The van der Waals surface area contributed by atoms with Crippen molar-refractivity contribution in [2.75, 3.05) is 11.1 Å². The van der Waals surface area contributed by atoms with Gasteiger partial charge in [-0.1, -0.05) is 45.9 Å². The molecule has 0 fully saturated rings. The fourth-order valence-corrected chi connectivity index (χ4v) is 3.68. The number of alkyl halides is 3. The molecule has 0 aliphatic heterocycles. The van der Waals surface area contributed by atoms with Crippen molar-refractivity contribution in [1.29, 1.82) is 0 Å². The lowest BCUT2D eigenvalue weighted by atomic mass is 10.2. The molecule has 162 valence electrons. The molecule has 0 bridgehead atoms. The molecule has 0 aliphatic rings. The molecule has 31 heavy (non-hydrogen) atoms. The molecule has 0 aliphatic carbocycles. The highest BCUT2D eigenvalue weighted by Crippen LogP contribution is 2.30. The summed E-state index contributed by atoms with van der Waals surface area (Å²) in [6, 6.07) is 11.4. The second kappa shape index (κ2) is 9.65. The van der Waals surface area contributed by atoms with E-state index in [0.717, 1.165) is 16.6 Å². The largest absolute Gasteiger partial charge is 0.416 e. The fourth-order valence-electron chi connectivity index (χ4n) is 2.60. The molecule has 2 aromatic carbocycles. The summed E-state index contributed by atoms with van der Waals surface area (Å²) in [6.45, 7) is 0. The Bertz CT molecular complexity index is 1100. The molecule has 1 aromatic heterocycles. The minimum absolute atomic E-state index is 0.0386. The molecule has 3 aromatic rings. The van der Waals surface area contributed by atoms with Crippen molar-refractivity contribution in [3.8, 4) is 0 Å². The normalized spacial score (nSPS) is 11.4. The predicted octanol–water partition coefficient (Wildman–Crippen LogP) is 4.75. The number of thioether (sulfide) groups is 1. The summed E-state index contributed by atoms with van der Waals surface area (Å²) in [5.74, 6) is -0.144. The minimum Gasteiger partial charge on any atom is -0.326 e. The molecular weight excluding hydrogens is 497 g/mol. The number of rotatable bonds is 7. The summed E-state index contributed by atoms with van der Waals surface area (Å²) in [4.78, 5) is 24.5. The third-order valence-electron chi connectivity index (χ3n) is 4.22. The number of anilines is 1.